The maximum Gasteiger partial charge on any atom is 0.335 e. The molecule has 0 N–H and O–H groups in total. The first-order valence-corrected chi connectivity index (χ1v) is 9.03. The summed E-state index contributed by atoms with van der Waals surface area (Å²) in [5, 5.41) is 0. The van der Waals surface area contributed by atoms with Gasteiger partial charge in [-0.2, -0.15) is 0 Å². The van der Waals surface area contributed by atoms with E-state index in [-0.39, 0.29) is 12.0 Å². The second kappa shape index (κ2) is 8.58. The molecule has 2 aromatic carbocycles. The minimum Gasteiger partial charge on any atom is -0.497 e. The number of hydrogen-bond acceptors (Lipinski definition) is 4. The molecule has 4 heteroatoms. The van der Waals surface area contributed by atoms with Gasteiger partial charge in [-0.25, -0.2) is 4.79 Å². The van der Waals surface area contributed by atoms with Gasteiger partial charge in [0.25, 0.3) is 0 Å². The zero-order chi connectivity index (χ0) is 19.2. The minimum atomic E-state index is -0.263. The number of nitrogens with zero attached hydrogens (tertiary/aromatic N) is 1. The molecule has 1 heterocycles. The van der Waals surface area contributed by atoms with Gasteiger partial charge in [-0.05, 0) is 23.3 Å². The Hall–Kier alpha value is -3.01. The Kier molecular flexibility index (Phi) is 5.97. The van der Waals surface area contributed by atoms with Crippen molar-refractivity contribution in [3.63, 3.8) is 0 Å². The Bertz CT molecular complexity index is 824. The zero-order valence-electron chi connectivity index (χ0n) is 15.9. The summed E-state index contributed by atoms with van der Waals surface area (Å²) in [6.45, 7) is 4.60. The normalized spacial score (nSPS) is 16.4. The summed E-state index contributed by atoms with van der Waals surface area (Å²) in [5.74, 6) is 0.555. The fourth-order valence-corrected chi connectivity index (χ4v) is 3.59. The summed E-state index contributed by atoms with van der Waals surface area (Å²) in [6.07, 6.45) is 3.09. The van der Waals surface area contributed by atoms with Gasteiger partial charge < -0.3 is 14.4 Å². The summed E-state index contributed by atoms with van der Waals surface area (Å²) in [4.78, 5) is 14.7. The Morgan fingerprint density at radius 2 is 1.85 bits per heavy atom. The zero-order valence-corrected chi connectivity index (χ0v) is 15.9. The van der Waals surface area contributed by atoms with E-state index in [1.165, 1.54) is 12.7 Å². The van der Waals surface area contributed by atoms with Crippen molar-refractivity contribution >= 4 is 5.97 Å². The summed E-state index contributed by atoms with van der Waals surface area (Å²) in [5.41, 5.74) is 4.06. The van der Waals surface area contributed by atoms with E-state index in [4.69, 9.17) is 9.47 Å². The van der Waals surface area contributed by atoms with Gasteiger partial charge in [0.15, 0.2) is 0 Å². The fraction of sp³-hybridized carbons (Fsp3) is 0.261. The smallest absolute Gasteiger partial charge is 0.335 e. The number of rotatable bonds is 7. The first-order chi connectivity index (χ1) is 13.2. The van der Waals surface area contributed by atoms with Crippen molar-refractivity contribution in [1.82, 2.24) is 4.90 Å². The van der Waals surface area contributed by atoms with E-state index in [0.717, 1.165) is 29.1 Å². The van der Waals surface area contributed by atoms with E-state index in [0.29, 0.717) is 12.8 Å². The molecule has 0 spiro atoms. The average molecular weight is 363 g/mol. The lowest BCUT2D eigenvalue weighted by Gasteiger charge is -2.30. The lowest BCUT2D eigenvalue weighted by molar-refractivity contribution is -0.136. The predicted octanol–water partition coefficient (Wildman–Crippen LogP) is 4.65. The predicted molar refractivity (Wildman–Crippen MR) is 106 cm³/mol. The van der Waals surface area contributed by atoms with Crippen LogP contribution in [0.15, 0.2) is 78.5 Å². The van der Waals surface area contributed by atoms with Crippen LogP contribution in [-0.4, -0.2) is 25.1 Å². The molecule has 0 radical (unpaired) electrons. The lowest BCUT2D eigenvalue weighted by Crippen LogP contribution is -2.23. The molecule has 0 fully saturated rings. The van der Waals surface area contributed by atoms with Crippen LogP contribution in [0.1, 0.15) is 30.0 Å². The molecule has 0 saturated heterocycles. The van der Waals surface area contributed by atoms with Crippen molar-refractivity contribution in [2.45, 2.75) is 25.4 Å². The van der Waals surface area contributed by atoms with Crippen LogP contribution in [0.25, 0.3) is 0 Å². The van der Waals surface area contributed by atoms with Crippen LogP contribution in [0.2, 0.25) is 0 Å². The van der Waals surface area contributed by atoms with Crippen molar-refractivity contribution in [2.24, 2.45) is 0 Å². The van der Waals surface area contributed by atoms with Crippen LogP contribution in [0.5, 0.6) is 5.75 Å². The van der Waals surface area contributed by atoms with Crippen LogP contribution in [-0.2, 0) is 16.1 Å². The quantitative estimate of drug-likeness (QED) is 0.530. The summed E-state index contributed by atoms with van der Waals surface area (Å²) < 4.78 is 10.3. The van der Waals surface area contributed by atoms with Crippen molar-refractivity contribution in [3.05, 3.63) is 89.6 Å². The molecule has 0 bridgehead atoms. The van der Waals surface area contributed by atoms with Gasteiger partial charge in [-0.3, -0.25) is 0 Å². The number of carbonyl (C=O) groups is 1. The van der Waals surface area contributed by atoms with Crippen LogP contribution in [0.4, 0.5) is 0 Å². The van der Waals surface area contributed by atoms with E-state index in [9.17, 15) is 4.79 Å². The van der Waals surface area contributed by atoms with Crippen LogP contribution in [0, 0.1) is 0 Å². The highest BCUT2D eigenvalue weighted by atomic mass is 16.5. The SMILES string of the molecule is C=CCC1=C(C(=O)OC)CC(c2ccc(OC)cc2)N1Cc1ccccc1. The second-order valence-corrected chi connectivity index (χ2v) is 6.52. The van der Waals surface area contributed by atoms with Crippen molar-refractivity contribution in [2.75, 3.05) is 14.2 Å². The third-order valence-electron chi connectivity index (χ3n) is 4.93. The number of benzene rings is 2. The highest BCUT2D eigenvalue weighted by molar-refractivity contribution is 5.90. The second-order valence-electron chi connectivity index (χ2n) is 6.52. The number of methoxy groups -OCH3 is 2. The Morgan fingerprint density at radius 1 is 1.15 bits per heavy atom. The van der Waals surface area contributed by atoms with Gasteiger partial charge in [0.05, 0.1) is 25.8 Å². The maximum atomic E-state index is 12.4. The van der Waals surface area contributed by atoms with E-state index in [1.54, 1.807) is 7.11 Å². The van der Waals surface area contributed by atoms with Gasteiger partial charge >= 0.3 is 5.97 Å². The summed E-state index contributed by atoms with van der Waals surface area (Å²) >= 11 is 0. The van der Waals surface area contributed by atoms with Crippen molar-refractivity contribution < 1.29 is 14.3 Å². The molecule has 140 valence electrons. The Labute approximate surface area is 160 Å². The molecule has 0 aliphatic carbocycles. The van der Waals surface area contributed by atoms with Gasteiger partial charge in [0.2, 0.25) is 0 Å². The standard InChI is InChI=1S/C23H25NO3/c1-4-8-21-20(23(25)27-3)15-22(18-11-13-19(26-2)14-12-18)24(21)16-17-9-6-5-7-10-17/h4-7,9-14,22H,1,8,15-16H2,2-3H3. The van der Waals surface area contributed by atoms with E-state index in [1.807, 2.05) is 36.4 Å². The third-order valence-corrected chi connectivity index (χ3v) is 4.93. The highest BCUT2D eigenvalue weighted by Gasteiger charge is 2.35. The van der Waals surface area contributed by atoms with E-state index < -0.39 is 0 Å². The highest BCUT2D eigenvalue weighted by Crippen LogP contribution is 2.42. The number of hydrogen-bond donors (Lipinski definition) is 0. The number of carbonyl (C=O) groups excluding carboxylic acids is 1. The first-order valence-electron chi connectivity index (χ1n) is 9.03. The topological polar surface area (TPSA) is 38.8 Å². The Morgan fingerprint density at radius 3 is 2.44 bits per heavy atom. The molecule has 2 aromatic rings. The van der Waals surface area contributed by atoms with E-state index in [2.05, 4.69) is 35.7 Å². The van der Waals surface area contributed by atoms with E-state index >= 15 is 0 Å². The maximum absolute atomic E-state index is 12.4. The molecule has 0 amide bonds. The lowest BCUT2D eigenvalue weighted by atomic mass is 10.0. The minimum absolute atomic E-state index is 0.0696. The van der Waals surface area contributed by atoms with Gasteiger partial charge in [-0.15, -0.1) is 6.58 Å². The number of esters is 1. The summed E-state index contributed by atoms with van der Waals surface area (Å²) in [6, 6.07) is 18.4. The third kappa shape index (κ3) is 4.05. The van der Waals surface area contributed by atoms with Crippen molar-refractivity contribution in [3.8, 4) is 5.75 Å². The molecule has 0 aromatic heterocycles. The van der Waals surface area contributed by atoms with Gasteiger partial charge in [0.1, 0.15) is 5.75 Å². The molecular weight excluding hydrogens is 338 g/mol. The molecule has 1 aliphatic heterocycles. The Balaban J connectivity index is 2.00. The molecule has 4 nitrogen and oxygen atoms in total. The molecule has 1 atom stereocenters. The molecule has 1 aliphatic rings. The number of allylic oxidation sites excluding steroid dienone is 1. The molecule has 0 saturated carbocycles. The van der Waals surface area contributed by atoms with Gasteiger partial charge in [-0.1, -0.05) is 48.5 Å². The largest absolute Gasteiger partial charge is 0.497 e. The molecule has 27 heavy (non-hydrogen) atoms. The monoisotopic (exact) mass is 363 g/mol. The van der Waals surface area contributed by atoms with Crippen LogP contribution < -0.4 is 4.74 Å². The molecular formula is C23H25NO3. The molecule has 1 unspecified atom stereocenters. The summed E-state index contributed by atoms with van der Waals surface area (Å²) in [7, 11) is 3.09. The first kappa shape index (κ1) is 18.8. The average Bonchev–Trinajstić information content (AvgIpc) is 3.06. The number of ether oxygens (including phenoxy) is 2. The van der Waals surface area contributed by atoms with Crippen LogP contribution in [0.3, 0.4) is 0 Å². The molecule has 3 rings (SSSR count). The van der Waals surface area contributed by atoms with Crippen molar-refractivity contribution in [1.29, 1.82) is 0 Å². The van der Waals surface area contributed by atoms with Gasteiger partial charge in [0, 0.05) is 25.1 Å². The van der Waals surface area contributed by atoms with Crippen LogP contribution >= 0.6 is 0 Å². The fourth-order valence-electron chi connectivity index (χ4n) is 3.59.